The monoisotopic (exact) mass is 454 g/mol. The van der Waals surface area contributed by atoms with E-state index in [9.17, 15) is 14.7 Å². The van der Waals surface area contributed by atoms with Crippen LogP contribution in [0.15, 0.2) is 11.1 Å². The van der Waals surface area contributed by atoms with Gasteiger partial charge in [-0.25, -0.2) is 0 Å². The molecule has 0 saturated heterocycles. The van der Waals surface area contributed by atoms with Gasteiger partial charge < -0.3 is 9.90 Å². The average Bonchev–Trinajstić information content (AvgIpc) is 3.04. The maximum atomic E-state index is 13.2. The van der Waals surface area contributed by atoms with Gasteiger partial charge in [-0.2, -0.15) is 0 Å². The van der Waals surface area contributed by atoms with E-state index in [0.29, 0.717) is 24.2 Å². The molecule has 0 radical (unpaired) electrons. The minimum atomic E-state index is -0.526. The summed E-state index contributed by atoms with van der Waals surface area (Å²) in [5.74, 6) is 1.98. The maximum absolute atomic E-state index is 13.2. The number of fused-ring (bicyclic) bond motifs is 7. The van der Waals surface area contributed by atoms with Crippen LogP contribution in [0.3, 0.4) is 0 Å². The van der Waals surface area contributed by atoms with E-state index in [-0.39, 0.29) is 39.5 Å². The van der Waals surface area contributed by atoms with Gasteiger partial charge in [-0.3, -0.25) is 4.79 Å². The number of carbonyl (C=O) groups is 2. The van der Waals surface area contributed by atoms with Crippen molar-refractivity contribution in [2.24, 2.45) is 50.7 Å². The Labute approximate surface area is 201 Å². The van der Waals surface area contributed by atoms with Gasteiger partial charge in [0.2, 0.25) is 0 Å². The lowest BCUT2D eigenvalue weighted by molar-refractivity contribution is -0.227. The van der Waals surface area contributed by atoms with Crippen molar-refractivity contribution in [1.82, 2.24) is 0 Å². The van der Waals surface area contributed by atoms with Gasteiger partial charge in [0, 0.05) is 6.42 Å². The van der Waals surface area contributed by atoms with Crippen LogP contribution in [0.4, 0.5) is 0 Å². The number of allylic oxidation sites excluding steroid dienone is 2. The summed E-state index contributed by atoms with van der Waals surface area (Å²) < 4.78 is 0. The van der Waals surface area contributed by atoms with Crippen molar-refractivity contribution in [3.8, 4) is 0 Å². The molecule has 0 amide bonds. The highest BCUT2D eigenvalue weighted by molar-refractivity contribution is 6.03. The standard InChI is InChI=1S/C30H46O3/c1-18(2)24-20(32)16-30(17-31)15-14-28(6)19(25(24)30)8-9-22-27(5)12-11-23(33)26(3,4)21(27)10-13-29(22,28)7/h17-19,21-23,33H,8-16H2,1-7H3/t19-,21?,22?,23+,27+,28-,29-,30+/m1/s1. The quantitative estimate of drug-likeness (QED) is 0.483. The molecule has 5 rings (SSSR count). The Morgan fingerprint density at radius 1 is 0.879 bits per heavy atom. The normalized spacial score (nSPS) is 51.0. The number of ketones is 1. The van der Waals surface area contributed by atoms with E-state index in [1.54, 1.807) is 0 Å². The van der Waals surface area contributed by atoms with Crippen LogP contribution in [0.25, 0.3) is 0 Å². The molecule has 0 aliphatic heterocycles. The molecule has 5 aliphatic carbocycles. The summed E-state index contributed by atoms with van der Waals surface area (Å²) in [6.45, 7) is 16.5. The molecule has 3 heteroatoms. The number of aliphatic hydroxyl groups excluding tert-OH is 1. The zero-order valence-electron chi connectivity index (χ0n) is 22.1. The second-order valence-electron chi connectivity index (χ2n) is 14.3. The minimum Gasteiger partial charge on any atom is -0.393 e. The molecular formula is C30H46O3. The van der Waals surface area contributed by atoms with Crippen LogP contribution in [0.2, 0.25) is 0 Å². The molecule has 8 atom stereocenters. The molecule has 33 heavy (non-hydrogen) atoms. The van der Waals surface area contributed by atoms with Crippen LogP contribution in [0.5, 0.6) is 0 Å². The van der Waals surface area contributed by atoms with Crippen LogP contribution in [-0.2, 0) is 9.59 Å². The number of aldehydes is 1. The molecule has 0 aromatic carbocycles. The Morgan fingerprint density at radius 3 is 2.21 bits per heavy atom. The van der Waals surface area contributed by atoms with Crippen LogP contribution < -0.4 is 0 Å². The molecule has 0 aromatic rings. The predicted molar refractivity (Wildman–Crippen MR) is 131 cm³/mol. The van der Waals surface area contributed by atoms with Gasteiger partial charge in [-0.15, -0.1) is 0 Å². The molecule has 2 unspecified atom stereocenters. The van der Waals surface area contributed by atoms with Crippen LogP contribution in [0, 0.1) is 50.7 Å². The lowest BCUT2D eigenvalue weighted by Gasteiger charge is -2.72. The Kier molecular flexibility index (Phi) is 5.08. The smallest absolute Gasteiger partial charge is 0.160 e. The van der Waals surface area contributed by atoms with E-state index in [1.807, 2.05) is 0 Å². The molecular weight excluding hydrogens is 408 g/mol. The van der Waals surface area contributed by atoms with Crippen molar-refractivity contribution < 1.29 is 14.7 Å². The van der Waals surface area contributed by atoms with Crippen molar-refractivity contribution in [3.63, 3.8) is 0 Å². The second-order valence-corrected chi connectivity index (χ2v) is 14.3. The molecule has 0 aromatic heterocycles. The Bertz CT molecular complexity index is 914. The fourth-order valence-corrected chi connectivity index (χ4v) is 10.8. The molecule has 4 fully saturated rings. The first-order chi connectivity index (χ1) is 15.3. The van der Waals surface area contributed by atoms with Gasteiger partial charge in [0.1, 0.15) is 6.29 Å². The number of hydrogen-bond acceptors (Lipinski definition) is 3. The molecule has 3 nitrogen and oxygen atoms in total. The van der Waals surface area contributed by atoms with E-state index < -0.39 is 5.41 Å². The van der Waals surface area contributed by atoms with E-state index in [1.165, 1.54) is 24.8 Å². The summed E-state index contributed by atoms with van der Waals surface area (Å²) in [4.78, 5) is 25.7. The van der Waals surface area contributed by atoms with Gasteiger partial charge in [-0.1, -0.05) is 48.5 Å². The third-order valence-electron chi connectivity index (χ3n) is 12.7. The molecule has 1 N–H and O–H groups in total. The lowest BCUT2D eigenvalue weighted by Crippen LogP contribution is -2.65. The zero-order valence-corrected chi connectivity index (χ0v) is 22.1. The van der Waals surface area contributed by atoms with Gasteiger partial charge in [0.15, 0.2) is 5.78 Å². The Balaban J connectivity index is 1.61. The van der Waals surface area contributed by atoms with Crippen LogP contribution in [-0.4, -0.2) is 23.3 Å². The van der Waals surface area contributed by atoms with Crippen LogP contribution >= 0.6 is 0 Å². The summed E-state index contributed by atoms with van der Waals surface area (Å²) in [5.41, 5.74) is 2.29. The largest absolute Gasteiger partial charge is 0.393 e. The van der Waals surface area contributed by atoms with Gasteiger partial charge in [0.25, 0.3) is 0 Å². The Hall–Kier alpha value is -0.960. The Morgan fingerprint density at radius 2 is 1.58 bits per heavy atom. The van der Waals surface area contributed by atoms with Gasteiger partial charge in [0.05, 0.1) is 11.5 Å². The summed E-state index contributed by atoms with van der Waals surface area (Å²) in [6, 6.07) is 0. The number of Topliss-reactive ketones (excluding diaryl/α,β-unsaturated/α-hetero) is 1. The first-order valence-corrected chi connectivity index (χ1v) is 13.7. The molecule has 4 saturated carbocycles. The van der Waals surface area contributed by atoms with Crippen molar-refractivity contribution in [2.45, 2.75) is 112 Å². The van der Waals surface area contributed by atoms with E-state index in [2.05, 4.69) is 48.5 Å². The number of aliphatic hydroxyl groups is 1. The highest BCUT2D eigenvalue weighted by Gasteiger charge is 2.69. The predicted octanol–water partition coefficient (Wildman–Crippen LogP) is 6.53. The fourth-order valence-electron chi connectivity index (χ4n) is 10.8. The SMILES string of the molecule is CC(C)C1=C2[C@H]3CCC4[C@@]5(C)CC[C@H](O)C(C)(C)C5CC[C@@]4(C)[C@]3(C)CC[C@@]2(C=O)CC1=O. The first kappa shape index (κ1) is 23.8. The number of rotatable bonds is 2. The van der Waals surface area contributed by atoms with Crippen LogP contribution in [0.1, 0.15) is 106 Å². The van der Waals surface area contributed by atoms with E-state index in [4.69, 9.17) is 0 Å². The van der Waals surface area contributed by atoms with Gasteiger partial charge in [-0.05, 0) is 108 Å². The van der Waals surface area contributed by atoms with Crippen molar-refractivity contribution in [1.29, 1.82) is 0 Å². The van der Waals surface area contributed by atoms with Crippen molar-refractivity contribution in [3.05, 3.63) is 11.1 Å². The molecule has 184 valence electrons. The van der Waals surface area contributed by atoms with E-state index in [0.717, 1.165) is 44.0 Å². The summed E-state index contributed by atoms with van der Waals surface area (Å²) in [5, 5.41) is 10.9. The highest BCUT2D eigenvalue weighted by Crippen LogP contribution is 2.76. The lowest BCUT2D eigenvalue weighted by atomic mass is 9.33. The molecule has 0 heterocycles. The maximum Gasteiger partial charge on any atom is 0.160 e. The topological polar surface area (TPSA) is 54.4 Å². The zero-order chi connectivity index (χ0) is 24.2. The third-order valence-corrected chi connectivity index (χ3v) is 12.7. The average molecular weight is 455 g/mol. The highest BCUT2D eigenvalue weighted by atomic mass is 16.3. The van der Waals surface area contributed by atoms with Gasteiger partial charge >= 0.3 is 0 Å². The second kappa shape index (κ2) is 7.05. The minimum absolute atomic E-state index is 0.0312. The molecule has 0 spiro atoms. The van der Waals surface area contributed by atoms with E-state index >= 15 is 0 Å². The number of carbonyl (C=O) groups excluding carboxylic acids is 2. The number of hydrogen-bond donors (Lipinski definition) is 1. The summed E-state index contributed by atoms with van der Waals surface area (Å²) in [6.07, 6.45) is 9.99. The third kappa shape index (κ3) is 2.72. The molecule has 5 aliphatic rings. The fraction of sp³-hybridized carbons (Fsp3) is 0.867. The van der Waals surface area contributed by atoms with Crippen molar-refractivity contribution in [2.75, 3.05) is 0 Å². The first-order valence-electron chi connectivity index (χ1n) is 13.7. The summed E-state index contributed by atoms with van der Waals surface area (Å²) in [7, 11) is 0. The summed E-state index contributed by atoms with van der Waals surface area (Å²) >= 11 is 0. The van der Waals surface area contributed by atoms with Crippen molar-refractivity contribution >= 4 is 12.1 Å². The molecule has 0 bridgehead atoms.